The van der Waals surface area contributed by atoms with Crippen molar-refractivity contribution < 1.29 is 33.2 Å². The van der Waals surface area contributed by atoms with Gasteiger partial charge in [0.1, 0.15) is 0 Å². The standard InChI is InChI=1S/C14H16F3NO3.CH4O/c1-8(19)5-11-7-12(20)21-13(18-11)9-3-2-4-10(6-9)14(15,16)17;1-2/h2-4,6,8,11-12,19-20H,5,7H2,1H3;2H,1H3. The molecule has 0 saturated heterocycles. The van der Waals surface area contributed by atoms with Gasteiger partial charge in [0.15, 0.2) is 0 Å². The van der Waals surface area contributed by atoms with Crippen LogP contribution in [0.25, 0.3) is 0 Å². The number of hydrogen-bond acceptors (Lipinski definition) is 5. The minimum absolute atomic E-state index is 0.0366. The fraction of sp³-hybridized carbons (Fsp3) is 0.533. The Labute approximate surface area is 132 Å². The Kier molecular flexibility index (Phi) is 6.99. The minimum Gasteiger partial charge on any atom is -0.448 e. The summed E-state index contributed by atoms with van der Waals surface area (Å²) in [5.74, 6) is -0.0366. The molecule has 3 atom stereocenters. The lowest BCUT2D eigenvalue weighted by molar-refractivity contribution is -0.137. The molecule has 130 valence electrons. The van der Waals surface area contributed by atoms with Crippen molar-refractivity contribution in [3.8, 4) is 0 Å². The van der Waals surface area contributed by atoms with Crippen LogP contribution in [0.3, 0.4) is 0 Å². The minimum atomic E-state index is -4.46. The number of nitrogens with zero attached hydrogens (tertiary/aromatic N) is 1. The smallest absolute Gasteiger partial charge is 0.416 e. The zero-order valence-corrected chi connectivity index (χ0v) is 12.8. The van der Waals surface area contributed by atoms with E-state index in [0.717, 1.165) is 19.2 Å². The van der Waals surface area contributed by atoms with Gasteiger partial charge >= 0.3 is 6.18 Å². The van der Waals surface area contributed by atoms with Gasteiger partial charge in [-0.2, -0.15) is 13.2 Å². The first kappa shape index (κ1) is 19.4. The molecule has 0 radical (unpaired) electrons. The normalized spacial score (nSPS) is 22.3. The van der Waals surface area contributed by atoms with E-state index in [9.17, 15) is 23.4 Å². The van der Waals surface area contributed by atoms with E-state index in [1.807, 2.05) is 0 Å². The van der Waals surface area contributed by atoms with Gasteiger partial charge < -0.3 is 20.1 Å². The molecule has 0 aliphatic carbocycles. The predicted octanol–water partition coefficient (Wildman–Crippen LogP) is 1.94. The fourth-order valence-electron chi connectivity index (χ4n) is 2.17. The molecule has 1 aromatic carbocycles. The van der Waals surface area contributed by atoms with Gasteiger partial charge in [-0.3, -0.25) is 0 Å². The van der Waals surface area contributed by atoms with Gasteiger partial charge in [-0.15, -0.1) is 0 Å². The molecule has 1 aromatic rings. The van der Waals surface area contributed by atoms with Gasteiger partial charge in [0.2, 0.25) is 12.2 Å². The topological polar surface area (TPSA) is 82.3 Å². The van der Waals surface area contributed by atoms with E-state index < -0.39 is 30.2 Å². The molecule has 0 spiro atoms. The second kappa shape index (κ2) is 8.28. The number of benzene rings is 1. The first-order valence-electron chi connectivity index (χ1n) is 6.98. The van der Waals surface area contributed by atoms with Gasteiger partial charge in [-0.05, 0) is 31.5 Å². The Balaban J connectivity index is 0.00000127. The van der Waals surface area contributed by atoms with E-state index in [4.69, 9.17) is 9.84 Å². The lowest BCUT2D eigenvalue weighted by Crippen LogP contribution is -2.31. The molecule has 5 nitrogen and oxygen atoms in total. The van der Waals surface area contributed by atoms with Crippen LogP contribution in [0.1, 0.15) is 30.9 Å². The summed E-state index contributed by atoms with van der Waals surface area (Å²) in [6, 6.07) is 4.19. The first-order chi connectivity index (χ1) is 10.8. The summed E-state index contributed by atoms with van der Waals surface area (Å²) in [5.41, 5.74) is -0.655. The third kappa shape index (κ3) is 5.81. The molecule has 2 rings (SSSR count). The highest BCUT2D eigenvalue weighted by molar-refractivity contribution is 5.94. The van der Waals surface area contributed by atoms with Crippen molar-refractivity contribution in [1.82, 2.24) is 0 Å². The van der Waals surface area contributed by atoms with Crippen LogP contribution in [0.15, 0.2) is 29.3 Å². The average molecular weight is 335 g/mol. The summed E-state index contributed by atoms with van der Waals surface area (Å²) in [5, 5.41) is 26.0. The average Bonchev–Trinajstić information content (AvgIpc) is 2.47. The van der Waals surface area contributed by atoms with Gasteiger partial charge in [0.25, 0.3) is 0 Å². The Morgan fingerprint density at radius 2 is 2.00 bits per heavy atom. The summed E-state index contributed by atoms with van der Waals surface area (Å²) in [6.07, 6.45) is -5.71. The third-order valence-corrected chi connectivity index (χ3v) is 3.07. The number of aliphatic imine (C=N–C) groups is 1. The summed E-state index contributed by atoms with van der Waals surface area (Å²) in [6.45, 7) is 1.58. The van der Waals surface area contributed by atoms with Crippen molar-refractivity contribution in [3.05, 3.63) is 35.4 Å². The third-order valence-electron chi connectivity index (χ3n) is 3.07. The van der Waals surface area contributed by atoms with Crippen molar-refractivity contribution >= 4 is 5.90 Å². The summed E-state index contributed by atoms with van der Waals surface area (Å²) < 4.78 is 43.2. The molecular formula is C15H20F3NO4. The lowest BCUT2D eigenvalue weighted by Gasteiger charge is -2.26. The number of rotatable bonds is 3. The van der Waals surface area contributed by atoms with Gasteiger partial charge in [-0.25, -0.2) is 4.99 Å². The highest BCUT2D eigenvalue weighted by atomic mass is 19.4. The van der Waals surface area contributed by atoms with E-state index in [1.54, 1.807) is 6.92 Å². The Bertz CT molecular complexity index is 532. The second-order valence-corrected chi connectivity index (χ2v) is 5.06. The molecule has 3 unspecified atom stereocenters. The summed E-state index contributed by atoms with van der Waals surface area (Å²) >= 11 is 0. The first-order valence-corrected chi connectivity index (χ1v) is 6.98. The maximum absolute atomic E-state index is 12.7. The SMILES string of the molecule is CC(O)CC1CC(O)OC(c2cccc(C(F)(F)F)c2)=N1.CO. The Morgan fingerprint density at radius 1 is 1.35 bits per heavy atom. The van der Waals surface area contributed by atoms with E-state index in [-0.39, 0.29) is 17.9 Å². The van der Waals surface area contributed by atoms with E-state index in [0.29, 0.717) is 6.42 Å². The monoisotopic (exact) mass is 335 g/mol. The van der Waals surface area contributed by atoms with Crippen LogP contribution in [0.4, 0.5) is 13.2 Å². The molecule has 1 heterocycles. The van der Waals surface area contributed by atoms with Gasteiger partial charge in [0.05, 0.1) is 17.7 Å². The Morgan fingerprint density at radius 3 is 2.57 bits per heavy atom. The van der Waals surface area contributed by atoms with Crippen LogP contribution in [0, 0.1) is 0 Å². The van der Waals surface area contributed by atoms with E-state index in [1.165, 1.54) is 12.1 Å². The molecule has 23 heavy (non-hydrogen) atoms. The quantitative estimate of drug-likeness (QED) is 0.788. The molecule has 0 saturated carbocycles. The molecule has 1 aliphatic heterocycles. The second-order valence-electron chi connectivity index (χ2n) is 5.06. The van der Waals surface area contributed by atoms with Crippen molar-refractivity contribution in [3.63, 3.8) is 0 Å². The van der Waals surface area contributed by atoms with Crippen LogP contribution in [0.2, 0.25) is 0 Å². The van der Waals surface area contributed by atoms with Crippen molar-refractivity contribution in [2.45, 2.75) is 44.4 Å². The molecular weight excluding hydrogens is 315 g/mol. The van der Waals surface area contributed by atoms with Crippen LogP contribution in [-0.4, -0.2) is 46.8 Å². The van der Waals surface area contributed by atoms with Crippen LogP contribution in [0.5, 0.6) is 0 Å². The molecule has 0 fully saturated rings. The van der Waals surface area contributed by atoms with E-state index in [2.05, 4.69) is 4.99 Å². The number of halogens is 3. The maximum atomic E-state index is 12.7. The number of hydrogen-bond donors (Lipinski definition) is 3. The Hall–Kier alpha value is -1.64. The van der Waals surface area contributed by atoms with Crippen LogP contribution >= 0.6 is 0 Å². The van der Waals surface area contributed by atoms with E-state index >= 15 is 0 Å². The zero-order valence-electron chi connectivity index (χ0n) is 12.8. The highest BCUT2D eigenvalue weighted by Gasteiger charge is 2.32. The van der Waals surface area contributed by atoms with Crippen molar-refractivity contribution in [2.75, 3.05) is 7.11 Å². The highest BCUT2D eigenvalue weighted by Crippen LogP contribution is 2.30. The van der Waals surface area contributed by atoms with Crippen molar-refractivity contribution in [1.29, 1.82) is 0 Å². The molecule has 8 heteroatoms. The number of alkyl halides is 3. The van der Waals surface area contributed by atoms with Crippen LogP contribution in [-0.2, 0) is 10.9 Å². The molecule has 3 N–H and O–H groups in total. The maximum Gasteiger partial charge on any atom is 0.416 e. The van der Waals surface area contributed by atoms with Crippen molar-refractivity contribution in [2.24, 2.45) is 4.99 Å². The fourth-order valence-corrected chi connectivity index (χ4v) is 2.17. The lowest BCUT2D eigenvalue weighted by atomic mass is 10.0. The van der Waals surface area contributed by atoms with Gasteiger partial charge in [-0.1, -0.05) is 6.07 Å². The van der Waals surface area contributed by atoms with Crippen LogP contribution < -0.4 is 0 Å². The number of aliphatic hydroxyl groups excluding tert-OH is 3. The summed E-state index contributed by atoms with van der Waals surface area (Å²) in [4.78, 5) is 4.17. The number of aliphatic hydroxyl groups is 3. The molecule has 0 bridgehead atoms. The molecule has 0 aromatic heterocycles. The zero-order chi connectivity index (χ0) is 17.6. The molecule has 0 amide bonds. The largest absolute Gasteiger partial charge is 0.448 e. The summed E-state index contributed by atoms with van der Waals surface area (Å²) in [7, 11) is 1.00. The van der Waals surface area contributed by atoms with Gasteiger partial charge in [0, 0.05) is 19.1 Å². The molecule has 1 aliphatic rings. The predicted molar refractivity (Wildman–Crippen MR) is 77.9 cm³/mol. The number of ether oxygens (including phenoxy) is 1.